The highest BCUT2D eigenvalue weighted by molar-refractivity contribution is 6.01. The first kappa shape index (κ1) is 39.3. The van der Waals surface area contributed by atoms with Crippen molar-refractivity contribution in [2.45, 2.75) is 107 Å². The number of pyridine rings is 1. The lowest BCUT2D eigenvalue weighted by molar-refractivity contribution is -0.133. The number of halogens is 2. The predicted molar refractivity (Wildman–Crippen MR) is 216 cm³/mol. The number of amides is 3. The van der Waals surface area contributed by atoms with Crippen LogP contribution >= 0.6 is 0 Å². The van der Waals surface area contributed by atoms with Gasteiger partial charge in [-0.05, 0) is 126 Å². The maximum atomic E-state index is 15.3. The van der Waals surface area contributed by atoms with Crippen LogP contribution in [-0.2, 0) is 14.4 Å². The molecule has 1 atom stereocenters. The van der Waals surface area contributed by atoms with E-state index in [1.165, 1.54) is 16.7 Å². The van der Waals surface area contributed by atoms with Crippen molar-refractivity contribution in [3.8, 4) is 16.9 Å². The van der Waals surface area contributed by atoms with Crippen LogP contribution in [0.15, 0.2) is 77.9 Å². The molecule has 4 fully saturated rings. The number of hydrogen-bond acceptors (Lipinski definition) is 9. The van der Waals surface area contributed by atoms with E-state index in [1.54, 1.807) is 42.6 Å². The number of likely N-dealkylation sites (tertiary alicyclic amines) is 1. The van der Waals surface area contributed by atoms with E-state index >= 15 is 4.39 Å². The number of nitrogens with one attached hydrogen (secondary N) is 4. The second kappa shape index (κ2) is 17.6. The van der Waals surface area contributed by atoms with Crippen LogP contribution in [0.3, 0.4) is 0 Å². The van der Waals surface area contributed by atoms with Crippen molar-refractivity contribution in [1.82, 2.24) is 30.1 Å². The van der Waals surface area contributed by atoms with E-state index in [2.05, 4.69) is 36.1 Å². The van der Waals surface area contributed by atoms with Gasteiger partial charge in [0.05, 0.1) is 6.20 Å². The van der Waals surface area contributed by atoms with E-state index in [0.29, 0.717) is 40.9 Å². The molecule has 1 unspecified atom stereocenters. The van der Waals surface area contributed by atoms with Crippen LogP contribution in [0.4, 0.5) is 20.4 Å². The lowest BCUT2D eigenvalue weighted by Gasteiger charge is -2.41. The molecule has 4 heterocycles. The van der Waals surface area contributed by atoms with Crippen molar-refractivity contribution >= 4 is 29.4 Å². The molecule has 2 saturated carbocycles. The van der Waals surface area contributed by atoms with E-state index in [-0.39, 0.29) is 65.1 Å². The molecule has 0 bridgehead atoms. The minimum Gasteiger partial charge on any atom is -0.374 e. The number of nitrogens with zero attached hydrogens (tertiary/aromatic N) is 4. The summed E-state index contributed by atoms with van der Waals surface area (Å²) in [5.41, 5.74) is 2.36. The minimum absolute atomic E-state index is 0.0497. The normalized spacial score (nSPS) is 24.5. The number of hydrogen-bond donors (Lipinski definition) is 4. The Labute approximate surface area is 336 Å². The van der Waals surface area contributed by atoms with Gasteiger partial charge in [-0.25, -0.2) is 18.7 Å². The smallest absolute Gasteiger partial charge is 0.255 e. The van der Waals surface area contributed by atoms with Gasteiger partial charge in [0, 0.05) is 59.7 Å². The van der Waals surface area contributed by atoms with Gasteiger partial charge < -0.3 is 20.9 Å². The Bertz CT molecular complexity index is 2190. The molecule has 8 rings (SSSR count). The van der Waals surface area contributed by atoms with Crippen LogP contribution in [0.1, 0.15) is 88.5 Å². The average molecular weight is 793 g/mol. The summed E-state index contributed by atoms with van der Waals surface area (Å²) >= 11 is 0. The molecule has 4 N–H and O–H groups in total. The highest BCUT2D eigenvalue weighted by atomic mass is 19.1. The number of aromatic nitrogens is 3. The SMILES string of the molecule is O=C1CCC(Nc2ccc(C3CCN(C4CCC(NC(=O)[C@H]5CC[C@H](Nc6ncc(F)c(-c7cccc(-n8ccccc8=O)c7)n6)CC5)CC4)CC3)c(F)c2)C(=O)N1. The first-order valence-corrected chi connectivity index (χ1v) is 20.7. The summed E-state index contributed by atoms with van der Waals surface area (Å²) in [5.74, 6) is -0.936. The van der Waals surface area contributed by atoms with E-state index in [4.69, 9.17) is 0 Å². The molecule has 4 aromatic rings. The molecule has 2 aromatic carbocycles. The molecule has 12 nitrogen and oxygen atoms in total. The molecule has 2 aliphatic heterocycles. The number of carbonyl (C=O) groups excluding carboxylic acids is 3. The Balaban J connectivity index is 0.760. The highest BCUT2D eigenvalue weighted by Gasteiger charge is 2.33. The fourth-order valence-corrected chi connectivity index (χ4v) is 9.23. The summed E-state index contributed by atoms with van der Waals surface area (Å²) in [6, 6.07) is 17.2. The molecular weight excluding hydrogens is 743 g/mol. The zero-order valence-electron chi connectivity index (χ0n) is 32.5. The Hall–Kier alpha value is -5.50. The van der Waals surface area contributed by atoms with Crippen molar-refractivity contribution < 1.29 is 23.2 Å². The van der Waals surface area contributed by atoms with Gasteiger partial charge in [-0.1, -0.05) is 24.3 Å². The third-order valence-corrected chi connectivity index (χ3v) is 12.5. The van der Waals surface area contributed by atoms with Crippen LogP contribution < -0.4 is 26.8 Å². The second-order valence-electron chi connectivity index (χ2n) is 16.3. The van der Waals surface area contributed by atoms with Gasteiger partial charge in [0.1, 0.15) is 17.6 Å². The van der Waals surface area contributed by atoms with Gasteiger partial charge in [-0.2, -0.15) is 0 Å². The second-order valence-corrected chi connectivity index (χ2v) is 16.3. The summed E-state index contributed by atoms with van der Waals surface area (Å²) in [7, 11) is 0. The molecule has 2 aromatic heterocycles. The van der Waals surface area contributed by atoms with E-state index in [0.717, 1.165) is 83.5 Å². The zero-order chi connectivity index (χ0) is 40.2. The van der Waals surface area contributed by atoms with Crippen molar-refractivity contribution in [3.63, 3.8) is 0 Å². The lowest BCUT2D eigenvalue weighted by Crippen LogP contribution is -2.47. The monoisotopic (exact) mass is 792 g/mol. The van der Waals surface area contributed by atoms with Gasteiger partial charge >= 0.3 is 0 Å². The van der Waals surface area contributed by atoms with Gasteiger partial charge in [-0.15, -0.1) is 0 Å². The summed E-state index contributed by atoms with van der Waals surface area (Å²) < 4.78 is 31.7. The third-order valence-electron chi connectivity index (χ3n) is 12.5. The summed E-state index contributed by atoms with van der Waals surface area (Å²) in [5, 5.41) is 12.1. The number of imide groups is 1. The first-order valence-electron chi connectivity index (χ1n) is 20.7. The molecule has 58 heavy (non-hydrogen) atoms. The Morgan fingerprint density at radius 3 is 2.29 bits per heavy atom. The van der Waals surface area contributed by atoms with Crippen molar-refractivity contribution in [2.24, 2.45) is 5.92 Å². The molecule has 4 aliphatic rings. The molecule has 3 amide bonds. The van der Waals surface area contributed by atoms with Crippen LogP contribution in [-0.4, -0.2) is 74.4 Å². The fourth-order valence-electron chi connectivity index (χ4n) is 9.23. The number of rotatable bonds is 10. The van der Waals surface area contributed by atoms with Gasteiger partial charge in [0.15, 0.2) is 5.82 Å². The zero-order valence-corrected chi connectivity index (χ0v) is 32.5. The van der Waals surface area contributed by atoms with Crippen LogP contribution in [0, 0.1) is 17.6 Å². The van der Waals surface area contributed by atoms with Crippen LogP contribution in [0.25, 0.3) is 16.9 Å². The molecule has 0 radical (unpaired) electrons. The quantitative estimate of drug-likeness (QED) is 0.141. The van der Waals surface area contributed by atoms with Gasteiger partial charge in [0.2, 0.25) is 23.7 Å². The minimum atomic E-state index is -0.555. The lowest BCUT2D eigenvalue weighted by atomic mass is 9.83. The van der Waals surface area contributed by atoms with Crippen LogP contribution in [0.2, 0.25) is 0 Å². The van der Waals surface area contributed by atoms with Gasteiger partial charge in [-0.3, -0.25) is 29.1 Å². The molecule has 304 valence electrons. The number of piperidine rings is 2. The summed E-state index contributed by atoms with van der Waals surface area (Å²) in [4.78, 5) is 60.5. The van der Waals surface area contributed by atoms with E-state index < -0.39 is 11.9 Å². The molecule has 0 spiro atoms. The average Bonchev–Trinajstić information content (AvgIpc) is 3.23. The van der Waals surface area contributed by atoms with Gasteiger partial charge in [0.25, 0.3) is 5.56 Å². The fraction of sp³-hybridized carbons (Fsp3) is 0.455. The molecular formula is C44H50F2N8O4. The standard InChI is InChI=1S/C44H50F2N8O4/c45-36-25-32(48-38-17-18-39(55)51-43(38)58)13-16-35(36)27-19-22-53(23-20-27)33-14-11-30(12-15-33)49-42(57)28-7-9-31(10-8-28)50-44-47-26-37(46)41(52-44)29-4-3-5-34(24-29)54-21-2-1-6-40(54)56/h1-6,13,16,21,24-28,30-31,33,38,48H,7-12,14-15,17-20,22-23H2,(H,49,57)(H,47,50,52)(H,51,55,58)/t28-,30?,31-,33?,38?. The van der Waals surface area contributed by atoms with Crippen LogP contribution in [0.5, 0.6) is 0 Å². The predicted octanol–water partition coefficient (Wildman–Crippen LogP) is 6.07. The highest BCUT2D eigenvalue weighted by Crippen LogP contribution is 2.35. The van der Waals surface area contributed by atoms with E-state index in [1.807, 2.05) is 12.1 Å². The van der Waals surface area contributed by atoms with E-state index in [9.17, 15) is 23.6 Å². The summed E-state index contributed by atoms with van der Waals surface area (Å²) in [6.07, 6.45) is 12.2. The maximum absolute atomic E-state index is 15.3. The number of benzene rings is 2. The van der Waals surface area contributed by atoms with Crippen molar-refractivity contribution in [2.75, 3.05) is 23.7 Å². The molecule has 2 saturated heterocycles. The largest absolute Gasteiger partial charge is 0.374 e. The maximum Gasteiger partial charge on any atom is 0.255 e. The Morgan fingerprint density at radius 2 is 1.55 bits per heavy atom. The third kappa shape index (κ3) is 9.12. The Kier molecular flexibility index (Phi) is 11.9. The Morgan fingerprint density at radius 1 is 0.776 bits per heavy atom. The summed E-state index contributed by atoms with van der Waals surface area (Å²) in [6.45, 7) is 1.82. The number of anilines is 2. The molecule has 2 aliphatic carbocycles. The van der Waals surface area contributed by atoms with Crippen molar-refractivity contribution in [1.29, 1.82) is 0 Å². The molecule has 14 heteroatoms. The topological polar surface area (TPSA) is 150 Å². The first-order chi connectivity index (χ1) is 28.2. The van der Waals surface area contributed by atoms with Crippen molar-refractivity contribution in [3.05, 3.63) is 101 Å². The number of carbonyl (C=O) groups is 3.